The van der Waals surface area contributed by atoms with Gasteiger partial charge in [0.2, 0.25) is 0 Å². The molecule has 2 N–H and O–H groups in total. The molecule has 0 radical (unpaired) electrons. The summed E-state index contributed by atoms with van der Waals surface area (Å²) in [6.45, 7) is 2.23. The quantitative estimate of drug-likeness (QED) is 0.624. The number of rotatable bonds is 0. The van der Waals surface area contributed by atoms with Crippen molar-refractivity contribution in [1.29, 1.82) is 0 Å². The van der Waals surface area contributed by atoms with Crippen molar-refractivity contribution >= 4 is 0 Å². The van der Waals surface area contributed by atoms with E-state index in [1.807, 2.05) is 0 Å². The number of nitrogens with two attached hydrogens (primary N) is 1. The zero-order valence-electron chi connectivity index (χ0n) is 9.86. The molecule has 1 saturated carbocycles. The number of hydrogen-bond acceptors (Lipinski definition) is 1. The van der Waals surface area contributed by atoms with E-state index in [-0.39, 0.29) is 5.54 Å². The van der Waals surface area contributed by atoms with Crippen LogP contribution >= 0.6 is 0 Å². The molecule has 0 spiro atoms. The predicted molar refractivity (Wildman–Crippen MR) is 63.4 cm³/mol. The van der Waals surface area contributed by atoms with E-state index in [1.54, 1.807) is 0 Å². The lowest BCUT2D eigenvalue weighted by Gasteiger charge is -2.25. The molecule has 0 aliphatic heterocycles. The Labute approximate surface area is 89.5 Å². The Kier molecular flexibility index (Phi) is 5.54. The molecular weight excluding hydrogens is 170 g/mol. The second-order valence-electron chi connectivity index (χ2n) is 5.34. The largest absolute Gasteiger partial charge is 0.325 e. The highest BCUT2D eigenvalue weighted by molar-refractivity contribution is 4.78. The summed E-state index contributed by atoms with van der Waals surface area (Å²) < 4.78 is 0. The van der Waals surface area contributed by atoms with Crippen molar-refractivity contribution in [3.8, 4) is 0 Å². The molecule has 1 aliphatic carbocycles. The van der Waals surface area contributed by atoms with Crippen LogP contribution in [0, 0.1) is 0 Å². The van der Waals surface area contributed by atoms with Gasteiger partial charge in [0.1, 0.15) is 0 Å². The van der Waals surface area contributed by atoms with E-state index >= 15 is 0 Å². The van der Waals surface area contributed by atoms with Gasteiger partial charge in [-0.1, -0.05) is 57.8 Å². The molecule has 0 saturated heterocycles. The van der Waals surface area contributed by atoms with Crippen LogP contribution in [0.25, 0.3) is 0 Å². The van der Waals surface area contributed by atoms with Gasteiger partial charge in [0.25, 0.3) is 0 Å². The third kappa shape index (κ3) is 5.64. The summed E-state index contributed by atoms with van der Waals surface area (Å²) in [6, 6.07) is 0. The minimum absolute atomic E-state index is 0.124. The molecule has 0 unspecified atom stereocenters. The van der Waals surface area contributed by atoms with Gasteiger partial charge >= 0.3 is 0 Å². The van der Waals surface area contributed by atoms with E-state index in [2.05, 4.69) is 6.92 Å². The highest BCUT2D eigenvalue weighted by Gasteiger charge is 2.17. The van der Waals surface area contributed by atoms with E-state index in [4.69, 9.17) is 5.73 Å². The molecule has 0 aromatic carbocycles. The average molecular weight is 197 g/mol. The molecule has 0 amide bonds. The standard InChI is InChI=1S/C13H27N/c1-13(14)11-9-7-5-3-2-4-6-8-10-12-13/h2-12,14H2,1H3. The Hall–Kier alpha value is -0.0400. The molecule has 0 aromatic rings. The van der Waals surface area contributed by atoms with Crippen molar-refractivity contribution in [3.05, 3.63) is 0 Å². The summed E-state index contributed by atoms with van der Waals surface area (Å²) in [5.41, 5.74) is 6.38. The second kappa shape index (κ2) is 6.44. The summed E-state index contributed by atoms with van der Waals surface area (Å²) >= 11 is 0. The van der Waals surface area contributed by atoms with Crippen molar-refractivity contribution < 1.29 is 0 Å². The van der Waals surface area contributed by atoms with E-state index < -0.39 is 0 Å². The van der Waals surface area contributed by atoms with Crippen LogP contribution in [-0.2, 0) is 0 Å². The first-order valence-corrected chi connectivity index (χ1v) is 6.50. The Morgan fingerprint density at radius 3 is 1.29 bits per heavy atom. The minimum atomic E-state index is 0.124. The predicted octanol–water partition coefficient (Wildman–Crippen LogP) is 4.01. The smallest absolute Gasteiger partial charge is 0.0125 e. The Balaban J connectivity index is 2.24. The second-order valence-corrected chi connectivity index (χ2v) is 5.34. The van der Waals surface area contributed by atoms with Gasteiger partial charge in [-0.15, -0.1) is 0 Å². The van der Waals surface area contributed by atoms with Crippen molar-refractivity contribution in [2.75, 3.05) is 0 Å². The normalized spacial score (nSPS) is 26.1. The van der Waals surface area contributed by atoms with Gasteiger partial charge in [0.15, 0.2) is 0 Å². The van der Waals surface area contributed by atoms with E-state index in [1.165, 1.54) is 70.6 Å². The summed E-state index contributed by atoms with van der Waals surface area (Å²) in [5, 5.41) is 0. The van der Waals surface area contributed by atoms with Gasteiger partial charge in [0, 0.05) is 5.54 Å². The molecule has 84 valence electrons. The lowest BCUT2D eigenvalue weighted by molar-refractivity contribution is 0.358. The minimum Gasteiger partial charge on any atom is -0.325 e. The van der Waals surface area contributed by atoms with Gasteiger partial charge in [-0.3, -0.25) is 0 Å². The molecule has 1 heteroatoms. The first-order valence-electron chi connectivity index (χ1n) is 6.50. The van der Waals surface area contributed by atoms with E-state index in [0.29, 0.717) is 0 Å². The monoisotopic (exact) mass is 197 g/mol. The molecule has 0 atom stereocenters. The van der Waals surface area contributed by atoms with Crippen molar-refractivity contribution in [1.82, 2.24) is 0 Å². The van der Waals surface area contributed by atoms with Crippen LogP contribution in [0.5, 0.6) is 0 Å². The van der Waals surface area contributed by atoms with Crippen molar-refractivity contribution in [2.24, 2.45) is 5.73 Å². The maximum Gasteiger partial charge on any atom is 0.0125 e. The third-order valence-electron chi connectivity index (χ3n) is 3.50. The van der Waals surface area contributed by atoms with Gasteiger partial charge in [0.05, 0.1) is 0 Å². The fourth-order valence-corrected chi connectivity index (χ4v) is 2.42. The molecular formula is C13H27N. The van der Waals surface area contributed by atoms with Gasteiger partial charge < -0.3 is 5.73 Å². The maximum absolute atomic E-state index is 6.26. The Morgan fingerprint density at radius 1 is 0.643 bits per heavy atom. The topological polar surface area (TPSA) is 26.0 Å². The molecule has 1 rings (SSSR count). The summed E-state index contributed by atoms with van der Waals surface area (Å²) in [7, 11) is 0. The van der Waals surface area contributed by atoms with Gasteiger partial charge in [-0.25, -0.2) is 0 Å². The first kappa shape index (κ1) is 12.0. The van der Waals surface area contributed by atoms with E-state index in [9.17, 15) is 0 Å². The third-order valence-corrected chi connectivity index (χ3v) is 3.50. The molecule has 0 aromatic heterocycles. The zero-order chi connectivity index (χ0) is 10.3. The number of hydrogen-bond donors (Lipinski definition) is 1. The lowest BCUT2D eigenvalue weighted by Crippen LogP contribution is -2.35. The van der Waals surface area contributed by atoms with Crippen molar-refractivity contribution in [3.63, 3.8) is 0 Å². The van der Waals surface area contributed by atoms with Gasteiger partial charge in [-0.2, -0.15) is 0 Å². The zero-order valence-corrected chi connectivity index (χ0v) is 9.86. The summed E-state index contributed by atoms with van der Waals surface area (Å²) in [6.07, 6.45) is 15.1. The maximum atomic E-state index is 6.26. The van der Waals surface area contributed by atoms with Crippen LogP contribution in [0.3, 0.4) is 0 Å². The fourth-order valence-electron chi connectivity index (χ4n) is 2.42. The van der Waals surface area contributed by atoms with Gasteiger partial charge in [-0.05, 0) is 19.8 Å². The molecule has 0 bridgehead atoms. The highest BCUT2D eigenvalue weighted by Crippen LogP contribution is 2.21. The van der Waals surface area contributed by atoms with Crippen LogP contribution in [0.4, 0.5) is 0 Å². The van der Waals surface area contributed by atoms with E-state index in [0.717, 1.165) is 0 Å². The Bertz CT molecular complexity index is 126. The highest BCUT2D eigenvalue weighted by atomic mass is 14.7. The van der Waals surface area contributed by atoms with Crippen LogP contribution in [0.2, 0.25) is 0 Å². The molecule has 1 nitrogen and oxygen atoms in total. The van der Waals surface area contributed by atoms with Crippen LogP contribution in [0.15, 0.2) is 0 Å². The van der Waals surface area contributed by atoms with Crippen LogP contribution in [-0.4, -0.2) is 5.54 Å². The molecule has 0 heterocycles. The summed E-state index contributed by atoms with van der Waals surface area (Å²) in [4.78, 5) is 0. The average Bonchev–Trinajstić information content (AvgIpc) is 2.11. The van der Waals surface area contributed by atoms with Crippen molar-refractivity contribution in [2.45, 2.75) is 83.1 Å². The summed E-state index contributed by atoms with van der Waals surface area (Å²) in [5.74, 6) is 0. The molecule has 14 heavy (non-hydrogen) atoms. The van der Waals surface area contributed by atoms with Crippen LogP contribution < -0.4 is 5.73 Å². The lowest BCUT2D eigenvalue weighted by atomic mass is 9.88. The fraction of sp³-hybridized carbons (Fsp3) is 1.00. The SMILES string of the molecule is CC1(N)CCCCCCCCCCC1. The molecule has 1 fully saturated rings. The van der Waals surface area contributed by atoms with Crippen LogP contribution in [0.1, 0.15) is 77.6 Å². The Morgan fingerprint density at radius 2 is 0.929 bits per heavy atom. The first-order chi connectivity index (χ1) is 6.71. The molecule has 1 aliphatic rings.